The Kier molecular flexibility index (Phi) is 4.88. The van der Waals surface area contributed by atoms with Crippen molar-refractivity contribution in [3.05, 3.63) is 0 Å². The molecule has 1 N–H and O–H groups in total. The minimum Gasteiger partial charge on any atom is -0.314 e. The molecule has 1 saturated heterocycles. The molecule has 74 valence electrons. The van der Waals surface area contributed by atoms with Crippen LogP contribution in [0.2, 0.25) is 0 Å². The Hall–Kier alpha value is -0.520. The van der Waals surface area contributed by atoms with E-state index in [4.69, 9.17) is 0 Å². The highest BCUT2D eigenvalue weighted by atomic mass is 15.2. The topological polar surface area (TPSA) is 15.3 Å². The summed E-state index contributed by atoms with van der Waals surface area (Å²) in [6.45, 7) is 8.78. The van der Waals surface area contributed by atoms with Crippen LogP contribution in [-0.4, -0.2) is 37.1 Å². The molecule has 0 radical (unpaired) electrons. The summed E-state index contributed by atoms with van der Waals surface area (Å²) in [5, 5.41) is 3.43. The number of hydrogen-bond acceptors (Lipinski definition) is 2. The molecule has 0 amide bonds. The van der Waals surface area contributed by atoms with Crippen molar-refractivity contribution in [1.82, 2.24) is 10.2 Å². The van der Waals surface area contributed by atoms with Gasteiger partial charge in [0.1, 0.15) is 0 Å². The van der Waals surface area contributed by atoms with Crippen LogP contribution in [0.15, 0.2) is 0 Å². The van der Waals surface area contributed by atoms with Gasteiger partial charge in [0.15, 0.2) is 0 Å². The SMILES string of the molecule is CC#CCCN1CCNCC1CC. The molecule has 0 spiro atoms. The van der Waals surface area contributed by atoms with Crippen molar-refractivity contribution in [2.45, 2.75) is 32.7 Å². The van der Waals surface area contributed by atoms with E-state index >= 15 is 0 Å². The summed E-state index contributed by atoms with van der Waals surface area (Å²) in [7, 11) is 0. The summed E-state index contributed by atoms with van der Waals surface area (Å²) in [5.74, 6) is 6.08. The van der Waals surface area contributed by atoms with Crippen molar-refractivity contribution in [1.29, 1.82) is 0 Å². The van der Waals surface area contributed by atoms with Gasteiger partial charge in [0.05, 0.1) is 0 Å². The molecule has 2 nitrogen and oxygen atoms in total. The highest BCUT2D eigenvalue weighted by Gasteiger charge is 2.18. The molecule has 1 unspecified atom stereocenters. The predicted octanol–water partition coefficient (Wildman–Crippen LogP) is 1.08. The standard InChI is InChI=1S/C11H20N2/c1-3-5-6-8-13-9-7-12-10-11(13)4-2/h11-12H,4,6-10H2,1-2H3. The Labute approximate surface area is 81.7 Å². The molecule has 1 aliphatic rings. The monoisotopic (exact) mass is 180 g/mol. The maximum absolute atomic E-state index is 3.43. The minimum absolute atomic E-state index is 0.729. The number of hydrogen-bond donors (Lipinski definition) is 1. The van der Waals surface area contributed by atoms with Crippen molar-refractivity contribution in [3.63, 3.8) is 0 Å². The summed E-state index contributed by atoms with van der Waals surface area (Å²) >= 11 is 0. The Bertz CT molecular complexity index is 190. The van der Waals surface area contributed by atoms with E-state index in [9.17, 15) is 0 Å². The van der Waals surface area contributed by atoms with Crippen LogP contribution >= 0.6 is 0 Å². The average Bonchev–Trinajstić information content (AvgIpc) is 2.19. The molecule has 0 bridgehead atoms. The molecular weight excluding hydrogens is 160 g/mol. The van der Waals surface area contributed by atoms with Gasteiger partial charge in [0, 0.05) is 38.6 Å². The van der Waals surface area contributed by atoms with E-state index in [1.54, 1.807) is 0 Å². The van der Waals surface area contributed by atoms with Crippen LogP contribution in [0.4, 0.5) is 0 Å². The number of nitrogens with zero attached hydrogens (tertiary/aromatic N) is 1. The molecule has 1 aliphatic heterocycles. The van der Waals surface area contributed by atoms with Crippen molar-refractivity contribution in [2.24, 2.45) is 0 Å². The van der Waals surface area contributed by atoms with Gasteiger partial charge in [0.25, 0.3) is 0 Å². The van der Waals surface area contributed by atoms with Gasteiger partial charge in [-0.15, -0.1) is 11.8 Å². The highest BCUT2D eigenvalue weighted by molar-refractivity contribution is 4.96. The molecule has 13 heavy (non-hydrogen) atoms. The quantitative estimate of drug-likeness (QED) is 0.654. The first-order chi connectivity index (χ1) is 6.38. The van der Waals surface area contributed by atoms with Crippen LogP contribution in [0.5, 0.6) is 0 Å². The Balaban J connectivity index is 2.30. The zero-order valence-electron chi connectivity index (χ0n) is 8.77. The number of nitrogens with one attached hydrogen (secondary N) is 1. The third kappa shape index (κ3) is 3.38. The maximum Gasteiger partial charge on any atom is 0.0218 e. The molecule has 0 saturated carbocycles. The summed E-state index contributed by atoms with van der Waals surface area (Å²) in [6, 6.07) is 0.729. The van der Waals surface area contributed by atoms with Crippen molar-refractivity contribution in [2.75, 3.05) is 26.2 Å². The second-order valence-electron chi connectivity index (χ2n) is 3.48. The van der Waals surface area contributed by atoms with Gasteiger partial charge < -0.3 is 5.32 Å². The molecule has 1 rings (SSSR count). The lowest BCUT2D eigenvalue weighted by Gasteiger charge is -2.35. The van der Waals surface area contributed by atoms with E-state index in [0.29, 0.717) is 0 Å². The van der Waals surface area contributed by atoms with Crippen LogP contribution in [0.25, 0.3) is 0 Å². The van der Waals surface area contributed by atoms with Gasteiger partial charge in [-0.3, -0.25) is 4.90 Å². The third-order valence-corrected chi connectivity index (χ3v) is 2.64. The molecule has 1 fully saturated rings. The van der Waals surface area contributed by atoms with Gasteiger partial charge in [0.2, 0.25) is 0 Å². The van der Waals surface area contributed by atoms with Crippen LogP contribution in [0, 0.1) is 11.8 Å². The fraction of sp³-hybridized carbons (Fsp3) is 0.818. The van der Waals surface area contributed by atoms with Gasteiger partial charge in [-0.05, 0) is 13.3 Å². The maximum atomic E-state index is 3.43. The summed E-state index contributed by atoms with van der Waals surface area (Å²) in [5.41, 5.74) is 0. The highest BCUT2D eigenvalue weighted by Crippen LogP contribution is 2.06. The number of piperazine rings is 1. The molecule has 0 aromatic heterocycles. The van der Waals surface area contributed by atoms with Crippen LogP contribution < -0.4 is 5.32 Å². The van der Waals surface area contributed by atoms with Crippen molar-refractivity contribution in [3.8, 4) is 11.8 Å². The Morgan fingerprint density at radius 3 is 3.08 bits per heavy atom. The minimum atomic E-state index is 0.729. The fourth-order valence-corrected chi connectivity index (χ4v) is 1.82. The zero-order chi connectivity index (χ0) is 9.52. The molecular formula is C11H20N2. The van der Waals surface area contributed by atoms with Crippen molar-refractivity contribution >= 4 is 0 Å². The first-order valence-corrected chi connectivity index (χ1v) is 5.22. The van der Waals surface area contributed by atoms with Gasteiger partial charge in [-0.1, -0.05) is 6.92 Å². The van der Waals surface area contributed by atoms with E-state index in [2.05, 4.69) is 29.0 Å². The molecule has 0 aromatic rings. The fourth-order valence-electron chi connectivity index (χ4n) is 1.82. The van der Waals surface area contributed by atoms with E-state index in [1.807, 2.05) is 6.92 Å². The molecule has 0 aromatic carbocycles. The lowest BCUT2D eigenvalue weighted by atomic mass is 10.1. The van der Waals surface area contributed by atoms with Gasteiger partial charge in [-0.25, -0.2) is 0 Å². The van der Waals surface area contributed by atoms with E-state index in [-0.39, 0.29) is 0 Å². The zero-order valence-corrected chi connectivity index (χ0v) is 8.77. The lowest BCUT2D eigenvalue weighted by molar-refractivity contribution is 0.161. The Morgan fingerprint density at radius 1 is 1.54 bits per heavy atom. The van der Waals surface area contributed by atoms with Crippen LogP contribution in [-0.2, 0) is 0 Å². The van der Waals surface area contributed by atoms with E-state index in [0.717, 1.165) is 32.1 Å². The molecule has 2 heteroatoms. The smallest absolute Gasteiger partial charge is 0.0218 e. The molecule has 1 atom stereocenters. The Morgan fingerprint density at radius 2 is 2.38 bits per heavy atom. The summed E-state index contributed by atoms with van der Waals surface area (Å²) < 4.78 is 0. The second-order valence-corrected chi connectivity index (χ2v) is 3.48. The number of rotatable bonds is 3. The predicted molar refractivity (Wildman–Crippen MR) is 56.6 cm³/mol. The molecule has 1 heterocycles. The normalized spacial score (nSPS) is 23.7. The second kappa shape index (κ2) is 6.01. The van der Waals surface area contributed by atoms with Gasteiger partial charge in [-0.2, -0.15) is 0 Å². The van der Waals surface area contributed by atoms with Crippen LogP contribution in [0.3, 0.4) is 0 Å². The lowest BCUT2D eigenvalue weighted by Crippen LogP contribution is -2.51. The third-order valence-electron chi connectivity index (χ3n) is 2.64. The first-order valence-electron chi connectivity index (χ1n) is 5.22. The molecule has 0 aliphatic carbocycles. The largest absolute Gasteiger partial charge is 0.314 e. The van der Waals surface area contributed by atoms with E-state index < -0.39 is 0 Å². The van der Waals surface area contributed by atoms with Crippen LogP contribution in [0.1, 0.15) is 26.7 Å². The van der Waals surface area contributed by atoms with E-state index in [1.165, 1.54) is 13.0 Å². The van der Waals surface area contributed by atoms with Gasteiger partial charge >= 0.3 is 0 Å². The average molecular weight is 180 g/mol. The van der Waals surface area contributed by atoms with Crippen molar-refractivity contribution < 1.29 is 0 Å². The first kappa shape index (κ1) is 10.6. The summed E-state index contributed by atoms with van der Waals surface area (Å²) in [6.07, 6.45) is 2.26. The summed E-state index contributed by atoms with van der Waals surface area (Å²) in [4.78, 5) is 2.56.